The Hall–Kier alpha value is -1.51. The quantitative estimate of drug-likeness (QED) is 0.527. The average Bonchev–Trinajstić information content (AvgIpc) is 2.89. The fourth-order valence-electron chi connectivity index (χ4n) is 1.52. The molecule has 0 aliphatic rings. The molecule has 1 aromatic carbocycles. The minimum atomic E-state index is -3.30. The fraction of sp³-hybridized carbons (Fsp3) is 0.250. The summed E-state index contributed by atoms with van der Waals surface area (Å²) < 4.78 is 26.1. The molecule has 1 heterocycles. The van der Waals surface area contributed by atoms with E-state index in [4.69, 9.17) is 5.73 Å². The van der Waals surface area contributed by atoms with Gasteiger partial charge in [-0.3, -0.25) is 0 Å². The number of H-pyrrole nitrogens is 1. The normalized spacial score (nSPS) is 11.6. The molecule has 0 bridgehead atoms. The molecular weight excluding hydrogens is 296 g/mol. The maximum atomic E-state index is 11.8. The van der Waals surface area contributed by atoms with Gasteiger partial charge in [0.1, 0.15) is 5.82 Å². The highest BCUT2D eigenvalue weighted by Gasteiger charge is 2.10. The van der Waals surface area contributed by atoms with Crippen molar-refractivity contribution in [2.75, 3.05) is 17.2 Å². The van der Waals surface area contributed by atoms with Crippen LogP contribution < -0.4 is 10.5 Å². The molecule has 0 saturated carbocycles. The smallest absolute Gasteiger partial charge is 0.212 e. The van der Waals surface area contributed by atoms with Crippen LogP contribution in [0.15, 0.2) is 41.6 Å². The van der Waals surface area contributed by atoms with E-state index in [0.29, 0.717) is 17.3 Å². The number of hydrogen-bond acceptors (Lipinski definition) is 5. The Balaban J connectivity index is 1.77. The third-order valence-corrected chi connectivity index (χ3v) is 5.07. The van der Waals surface area contributed by atoms with E-state index < -0.39 is 10.0 Å². The first kappa shape index (κ1) is 14.9. The first-order valence-corrected chi connectivity index (χ1v) is 8.63. The number of imidazole rings is 1. The first-order valence-electron chi connectivity index (χ1n) is 5.99. The van der Waals surface area contributed by atoms with Crippen LogP contribution in [0, 0.1) is 0 Å². The molecule has 4 N–H and O–H groups in total. The molecule has 0 aliphatic carbocycles. The summed E-state index contributed by atoms with van der Waals surface area (Å²) in [5.74, 6) is 1.11. The van der Waals surface area contributed by atoms with E-state index in [1.165, 1.54) is 11.8 Å². The van der Waals surface area contributed by atoms with Crippen molar-refractivity contribution in [1.29, 1.82) is 0 Å². The molecule has 20 heavy (non-hydrogen) atoms. The van der Waals surface area contributed by atoms with Gasteiger partial charge in [0.15, 0.2) is 0 Å². The summed E-state index contributed by atoms with van der Waals surface area (Å²) in [5, 5.41) is 0. The number of nitrogens with one attached hydrogen (secondary N) is 2. The van der Waals surface area contributed by atoms with Crippen LogP contribution in [0.2, 0.25) is 0 Å². The number of aromatic nitrogens is 2. The number of benzene rings is 1. The van der Waals surface area contributed by atoms with Gasteiger partial charge in [0, 0.05) is 28.7 Å². The van der Waals surface area contributed by atoms with E-state index in [1.54, 1.807) is 18.5 Å². The molecule has 0 unspecified atom stereocenters. The monoisotopic (exact) mass is 312 g/mol. The van der Waals surface area contributed by atoms with Crippen LogP contribution in [0.3, 0.4) is 0 Å². The molecule has 0 fully saturated rings. The van der Waals surface area contributed by atoms with Crippen molar-refractivity contribution in [2.45, 2.75) is 11.4 Å². The molecule has 0 atom stereocenters. The SMILES string of the molecule is Nc1cccc(SCCS(=O)(=O)NCc2ncc[nH]2)c1. The molecule has 8 heteroatoms. The van der Waals surface area contributed by atoms with Crippen LogP contribution in [0.4, 0.5) is 5.69 Å². The highest BCUT2D eigenvalue weighted by atomic mass is 32.2. The highest BCUT2D eigenvalue weighted by molar-refractivity contribution is 8.00. The van der Waals surface area contributed by atoms with Crippen molar-refractivity contribution in [3.05, 3.63) is 42.5 Å². The zero-order chi connectivity index (χ0) is 14.4. The maximum Gasteiger partial charge on any atom is 0.212 e. The van der Waals surface area contributed by atoms with Crippen molar-refractivity contribution in [3.8, 4) is 0 Å². The number of anilines is 1. The standard InChI is InChI=1S/C12H16N4O2S2/c13-10-2-1-3-11(8-10)19-6-7-20(17,18)16-9-12-14-4-5-15-12/h1-5,8,16H,6-7,9,13H2,(H,14,15). The molecule has 6 nitrogen and oxygen atoms in total. The third-order valence-electron chi connectivity index (χ3n) is 2.49. The molecular formula is C12H16N4O2S2. The van der Waals surface area contributed by atoms with Crippen LogP contribution in [0.25, 0.3) is 0 Å². The van der Waals surface area contributed by atoms with Gasteiger partial charge in [-0.1, -0.05) is 6.07 Å². The average molecular weight is 312 g/mol. The molecule has 0 radical (unpaired) electrons. The number of nitrogens with two attached hydrogens (primary N) is 1. The van der Waals surface area contributed by atoms with Gasteiger partial charge in [-0.15, -0.1) is 11.8 Å². The number of aromatic amines is 1. The predicted octanol–water partition coefficient (Wildman–Crippen LogP) is 1.20. The van der Waals surface area contributed by atoms with Gasteiger partial charge >= 0.3 is 0 Å². The Morgan fingerprint density at radius 3 is 2.95 bits per heavy atom. The summed E-state index contributed by atoms with van der Waals surface area (Å²) in [6, 6.07) is 7.38. The van der Waals surface area contributed by atoms with Gasteiger partial charge in [0.2, 0.25) is 10.0 Å². The van der Waals surface area contributed by atoms with Crippen molar-refractivity contribution in [2.24, 2.45) is 0 Å². The molecule has 1 aromatic heterocycles. The summed E-state index contributed by atoms with van der Waals surface area (Å²) in [6.45, 7) is 0.179. The topological polar surface area (TPSA) is 101 Å². The number of rotatable bonds is 7. The van der Waals surface area contributed by atoms with Gasteiger partial charge in [0.25, 0.3) is 0 Å². The summed E-state index contributed by atoms with van der Waals surface area (Å²) >= 11 is 1.46. The van der Waals surface area contributed by atoms with Gasteiger partial charge in [-0.05, 0) is 18.2 Å². The zero-order valence-corrected chi connectivity index (χ0v) is 12.4. The minimum Gasteiger partial charge on any atom is -0.399 e. The highest BCUT2D eigenvalue weighted by Crippen LogP contribution is 2.20. The van der Waals surface area contributed by atoms with E-state index in [9.17, 15) is 8.42 Å². The lowest BCUT2D eigenvalue weighted by Gasteiger charge is -2.05. The number of nitrogen functional groups attached to an aromatic ring is 1. The fourth-order valence-corrected chi connectivity index (χ4v) is 3.86. The summed E-state index contributed by atoms with van der Waals surface area (Å²) in [7, 11) is -3.30. The Morgan fingerprint density at radius 1 is 1.40 bits per heavy atom. The van der Waals surface area contributed by atoms with Crippen LogP contribution in [-0.4, -0.2) is 29.9 Å². The second-order valence-corrected chi connectivity index (χ2v) is 7.19. The van der Waals surface area contributed by atoms with Gasteiger partial charge in [0.05, 0.1) is 12.3 Å². The van der Waals surface area contributed by atoms with E-state index in [1.807, 2.05) is 18.2 Å². The molecule has 2 rings (SSSR count). The largest absolute Gasteiger partial charge is 0.399 e. The molecule has 108 valence electrons. The summed E-state index contributed by atoms with van der Waals surface area (Å²) in [5.41, 5.74) is 6.34. The molecule has 0 aliphatic heterocycles. The lowest BCUT2D eigenvalue weighted by molar-refractivity contribution is 0.581. The Kier molecular flexibility index (Phi) is 5.05. The predicted molar refractivity (Wildman–Crippen MR) is 80.8 cm³/mol. The molecule has 2 aromatic rings. The van der Waals surface area contributed by atoms with Gasteiger partial charge in [-0.25, -0.2) is 18.1 Å². The van der Waals surface area contributed by atoms with Crippen molar-refractivity contribution in [1.82, 2.24) is 14.7 Å². The third kappa shape index (κ3) is 4.87. The van der Waals surface area contributed by atoms with Crippen LogP contribution in [0.5, 0.6) is 0 Å². The van der Waals surface area contributed by atoms with E-state index in [-0.39, 0.29) is 12.3 Å². The molecule has 0 amide bonds. The Labute approximate surface area is 122 Å². The van der Waals surface area contributed by atoms with Crippen molar-refractivity contribution in [3.63, 3.8) is 0 Å². The Bertz CT molecular complexity index is 641. The number of hydrogen-bond donors (Lipinski definition) is 3. The van der Waals surface area contributed by atoms with Gasteiger partial charge in [-0.2, -0.15) is 0 Å². The number of sulfonamides is 1. The summed E-state index contributed by atoms with van der Waals surface area (Å²) in [6.07, 6.45) is 3.23. The zero-order valence-electron chi connectivity index (χ0n) is 10.7. The second-order valence-electron chi connectivity index (χ2n) is 4.10. The maximum absolute atomic E-state index is 11.8. The van der Waals surface area contributed by atoms with E-state index in [2.05, 4.69) is 14.7 Å². The van der Waals surface area contributed by atoms with Crippen LogP contribution in [0.1, 0.15) is 5.82 Å². The number of nitrogens with zero attached hydrogens (tertiary/aromatic N) is 1. The molecule has 0 spiro atoms. The van der Waals surface area contributed by atoms with Crippen molar-refractivity contribution >= 4 is 27.5 Å². The van der Waals surface area contributed by atoms with E-state index >= 15 is 0 Å². The minimum absolute atomic E-state index is 0.0488. The van der Waals surface area contributed by atoms with Crippen LogP contribution >= 0.6 is 11.8 Å². The van der Waals surface area contributed by atoms with E-state index in [0.717, 1.165) is 4.90 Å². The number of thioether (sulfide) groups is 1. The lowest BCUT2D eigenvalue weighted by atomic mass is 10.3. The first-order chi connectivity index (χ1) is 9.55. The second kappa shape index (κ2) is 6.78. The van der Waals surface area contributed by atoms with Crippen molar-refractivity contribution < 1.29 is 8.42 Å². The lowest BCUT2D eigenvalue weighted by Crippen LogP contribution is -2.27. The van der Waals surface area contributed by atoms with Crippen LogP contribution in [-0.2, 0) is 16.6 Å². The Morgan fingerprint density at radius 2 is 2.25 bits per heavy atom. The summed E-state index contributed by atoms with van der Waals surface area (Å²) in [4.78, 5) is 7.76. The molecule has 0 saturated heterocycles. The van der Waals surface area contributed by atoms with Gasteiger partial charge < -0.3 is 10.7 Å².